The lowest BCUT2D eigenvalue weighted by atomic mass is 9.91. The highest BCUT2D eigenvalue weighted by atomic mass is 19.4. The Morgan fingerprint density at radius 2 is 1.52 bits per heavy atom. The van der Waals surface area contributed by atoms with Gasteiger partial charge >= 0.3 is 12.3 Å². The number of rotatable bonds is 3. The van der Waals surface area contributed by atoms with Crippen LogP contribution in [-0.4, -0.2) is 29.7 Å². The Kier molecular flexibility index (Phi) is 6.74. The van der Waals surface area contributed by atoms with Crippen molar-refractivity contribution in [3.05, 3.63) is 34.9 Å². The lowest BCUT2D eigenvalue weighted by Crippen LogP contribution is -2.47. The van der Waals surface area contributed by atoms with Crippen LogP contribution in [0.1, 0.15) is 62.4 Å². The highest BCUT2D eigenvalue weighted by Gasteiger charge is 2.34. The van der Waals surface area contributed by atoms with Crippen molar-refractivity contribution in [1.82, 2.24) is 10.6 Å². The Labute approximate surface area is 165 Å². The molecule has 10 heteroatoms. The molecular weight excluding hydrogens is 399 g/mol. The molecule has 1 aromatic rings. The van der Waals surface area contributed by atoms with E-state index in [4.69, 9.17) is 4.74 Å². The van der Waals surface area contributed by atoms with Gasteiger partial charge in [0.25, 0.3) is 5.91 Å². The Balaban J connectivity index is 2.03. The van der Waals surface area contributed by atoms with Crippen molar-refractivity contribution in [3.8, 4) is 0 Å². The van der Waals surface area contributed by atoms with Crippen LogP contribution in [0.2, 0.25) is 0 Å². The van der Waals surface area contributed by atoms with Gasteiger partial charge in [-0.2, -0.15) is 13.2 Å². The van der Waals surface area contributed by atoms with Crippen LogP contribution in [0.15, 0.2) is 12.1 Å². The SMILES string of the molecule is CC(C)(C)OC(=O)N[C@@H]1CCC[C@H](NC(=O)c2c(F)cc(C(F)(F)F)cc2F)C1. The quantitative estimate of drug-likeness (QED) is 0.703. The largest absolute Gasteiger partial charge is 0.444 e. The summed E-state index contributed by atoms with van der Waals surface area (Å²) < 4.78 is 71.0. The number of benzene rings is 1. The van der Waals surface area contributed by atoms with Crippen LogP contribution in [0.3, 0.4) is 0 Å². The molecule has 1 saturated carbocycles. The van der Waals surface area contributed by atoms with Crippen molar-refractivity contribution < 1.29 is 36.3 Å². The van der Waals surface area contributed by atoms with Crippen molar-refractivity contribution >= 4 is 12.0 Å². The first-order valence-electron chi connectivity index (χ1n) is 9.13. The van der Waals surface area contributed by atoms with Crippen molar-refractivity contribution in [2.45, 2.75) is 70.3 Å². The summed E-state index contributed by atoms with van der Waals surface area (Å²) in [5.74, 6) is -4.32. The first kappa shape index (κ1) is 22.9. The molecule has 0 unspecified atom stereocenters. The standard InChI is InChI=1S/C19H23F5N2O3/c1-18(2,3)29-17(28)26-12-6-4-5-11(9-12)25-16(27)15-13(20)7-10(8-14(15)21)19(22,23)24/h7-8,11-12H,4-6,9H2,1-3H3,(H,25,27)(H,26,28)/t11-,12+/m0/s1. The number of halogens is 5. The number of amides is 2. The topological polar surface area (TPSA) is 67.4 Å². The van der Waals surface area contributed by atoms with Gasteiger partial charge in [-0.25, -0.2) is 13.6 Å². The molecule has 1 fully saturated rings. The molecule has 0 bridgehead atoms. The van der Waals surface area contributed by atoms with E-state index in [9.17, 15) is 31.5 Å². The van der Waals surface area contributed by atoms with Gasteiger partial charge < -0.3 is 15.4 Å². The summed E-state index contributed by atoms with van der Waals surface area (Å²) in [6.45, 7) is 5.14. The molecule has 1 aliphatic carbocycles. The van der Waals surface area contributed by atoms with Crippen molar-refractivity contribution in [3.63, 3.8) is 0 Å². The molecule has 0 radical (unpaired) electrons. The van der Waals surface area contributed by atoms with Gasteiger partial charge in [0.05, 0.1) is 5.56 Å². The van der Waals surface area contributed by atoms with E-state index in [-0.39, 0.29) is 18.2 Å². The lowest BCUT2D eigenvalue weighted by Gasteiger charge is -2.31. The molecule has 0 aliphatic heterocycles. The fraction of sp³-hybridized carbons (Fsp3) is 0.579. The van der Waals surface area contributed by atoms with E-state index in [1.54, 1.807) is 20.8 Å². The molecule has 29 heavy (non-hydrogen) atoms. The van der Waals surface area contributed by atoms with Crippen LogP contribution in [0.25, 0.3) is 0 Å². The van der Waals surface area contributed by atoms with E-state index in [1.807, 2.05) is 0 Å². The van der Waals surface area contributed by atoms with Gasteiger partial charge in [-0.15, -0.1) is 0 Å². The summed E-state index contributed by atoms with van der Waals surface area (Å²) in [6.07, 6.45) is -3.48. The number of alkyl halides is 3. The summed E-state index contributed by atoms with van der Waals surface area (Å²) in [4.78, 5) is 24.1. The minimum Gasteiger partial charge on any atom is -0.444 e. The molecule has 2 rings (SSSR count). The average molecular weight is 422 g/mol. The second-order valence-electron chi connectivity index (χ2n) is 7.99. The van der Waals surface area contributed by atoms with E-state index in [0.29, 0.717) is 25.7 Å². The van der Waals surface area contributed by atoms with E-state index >= 15 is 0 Å². The first-order chi connectivity index (χ1) is 13.3. The number of ether oxygens (including phenoxy) is 1. The molecule has 2 atom stereocenters. The predicted molar refractivity (Wildman–Crippen MR) is 94.2 cm³/mol. The van der Waals surface area contributed by atoms with Gasteiger partial charge in [0.1, 0.15) is 22.8 Å². The third kappa shape index (κ3) is 6.57. The number of carbonyl (C=O) groups excluding carboxylic acids is 2. The van der Waals surface area contributed by atoms with Crippen molar-refractivity contribution in [2.75, 3.05) is 0 Å². The van der Waals surface area contributed by atoms with E-state index < -0.39 is 52.6 Å². The van der Waals surface area contributed by atoms with Gasteiger partial charge in [-0.1, -0.05) is 0 Å². The third-order valence-electron chi connectivity index (χ3n) is 4.33. The second kappa shape index (κ2) is 8.54. The second-order valence-corrected chi connectivity index (χ2v) is 7.99. The monoisotopic (exact) mass is 422 g/mol. The maximum Gasteiger partial charge on any atom is 0.416 e. The fourth-order valence-electron chi connectivity index (χ4n) is 3.14. The Morgan fingerprint density at radius 3 is 2.00 bits per heavy atom. The number of carbonyl (C=O) groups is 2. The van der Waals surface area contributed by atoms with Crippen molar-refractivity contribution in [1.29, 1.82) is 0 Å². The van der Waals surface area contributed by atoms with E-state index in [2.05, 4.69) is 10.6 Å². The maximum absolute atomic E-state index is 14.0. The van der Waals surface area contributed by atoms with Gasteiger partial charge in [-0.05, 0) is 58.6 Å². The summed E-state index contributed by atoms with van der Waals surface area (Å²) >= 11 is 0. The normalized spacial score (nSPS) is 20.1. The molecule has 0 aromatic heterocycles. The average Bonchev–Trinajstić information content (AvgIpc) is 2.51. The van der Waals surface area contributed by atoms with Crippen LogP contribution >= 0.6 is 0 Å². The van der Waals surface area contributed by atoms with Crippen LogP contribution in [-0.2, 0) is 10.9 Å². The molecule has 0 spiro atoms. The highest BCUT2D eigenvalue weighted by molar-refractivity contribution is 5.95. The fourth-order valence-corrected chi connectivity index (χ4v) is 3.14. The third-order valence-corrected chi connectivity index (χ3v) is 4.33. The molecule has 0 heterocycles. The van der Waals surface area contributed by atoms with Gasteiger partial charge in [0.2, 0.25) is 0 Å². The summed E-state index contributed by atoms with van der Waals surface area (Å²) in [5.41, 5.74) is -3.26. The molecule has 1 aromatic carbocycles. The van der Waals surface area contributed by atoms with Crippen LogP contribution in [0.5, 0.6) is 0 Å². The highest BCUT2D eigenvalue weighted by Crippen LogP contribution is 2.31. The van der Waals surface area contributed by atoms with Gasteiger partial charge in [0, 0.05) is 12.1 Å². The molecule has 2 amide bonds. The smallest absolute Gasteiger partial charge is 0.416 e. The number of nitrogens with one attached hydrogen (secondary N) is 2. The molecule has 1 aliphatic rings. The van der Waals surface area contributed by atoms with E-state index in [1.165, 1.54) is 0 Å². The summed E-state index contributed by atoms with van der Waals surface area (Å²) in [6, 6.07) is -0.638. The van der Waals surface area contributed by atoms with Crippen LogP contribution in [0, 0.1) is 11.6 Å². The maximum atomic E-state index is 14.0. The molecule has 0 saturated heterocycles. The van der Waals surface area contributed by atoms with Crippen LogP contribution < -0.4 is 10.6 Å². The number of alkyl carbamates (subject to hydrolysis) is 1. The minimum atomic E-state index is -4.93. The first-order valence-corrected chi connectivity index (χ1v) is 9.13. The van der Waals surface area contributed by atoms with Gasteiger partial charge in [-0.3, -0.25) is 4.79 Å². The Hall–Kier alpha value is -2.39. The predicted octanol–water partition coefficient (Wildman–Crippen LogP) is 4.55. The molecule has 162 valence electrons. The Morgan fingerprint density at radius 1 is 1.00 bits per heavy atom. The minimum absolute atomic E-state index is 0.0890. The summed E-state index contributed by atoms with van der Waals surface area (Å²) in [7, 11) is 0. The van der Waals surface area contributed by atoms with E-state index in [0.717, 1.165) is 0 Å². The molecule has 2 N–H and O–H groups in total. The summed E-state index contributed by atoms with van der Waals surface area (Å²) in [5, 5.41) is 5.11. The van der Waals surface area contributed by atoms with Crippen LogP contribution in [0.4, 0.5) is 26.7 Å². The van der Waals surface area contributed by atoms with Crippen molar-refractivity contribution in [2.24, 2.45) is 0 Å². The number of hydrogen-bond donors (Lipinski definition) is 2. The zero-order valence-electron chi connectivity index (χ0n) is 16.3. The number of hydrogen-bond acceptors (Lipinski definition) is 3. The molecular formula is C19H23F5N2O3. The lowest BCUT2D eigenvalue weighted by molar-refractivity contribution is -0.138. The Bertz CT molecular complexity index is 751. The zero-order valence-corrected chi connectivity index (χ0v) is 16.3. The molecule has 5 nitrogen and oxygen atoms in total. The van der Waals surface area contributed by atoms with Gasteiger partial charge in [0.15, 0.2) is 0 Å². The zero-order chi connectivity index (χ0) is 22.0.